The number of aromatic nitrogens is 2. The van der Waals surface area contributed by atoms with Crippen LogP contribution < -0.4 is 4.80 Å². The van der Waals surface area contributed by atoms with E-state index in [1.165, 1.54) is 23.5 Å². The van der Waals surface area contributed by atoms with Crippen LogP contribution in [0.2, 0.25) is 0 Å². The predicted molar refractivity (Wildman–Crippen MR) is 132 cm³/mol. The van der Waals surface area contributed by atoms with E-state index in [4.69, 9.17) is 4.98 Å². The number of hydrogen-bond donors (Lipinski definition) is 0. The van der Waals surface area contributed by atoms with Crippen LogP contribution in [0.3, 0.4) is 0 Å². The number of hydrogen-bond acceptors (Lipinski definition) is 6. The van der Waals surface area contributed by atoms with Crippen molar-refractivity contribution >= 4 is 55.4 Å². The summed E-state index contributed by atoms with van der Waals surface area (Å²) >= 11 is 2.79. The standard InChI is InChI=1S/C24H16N4O3S2/c1-2-11-27-20-10-9-15(28(30)31)13-22(20)33-24(27)26-23(29)17-14-19(21-8-5-12-32-21)25-18-7-4-3-6-16(17)18/h2-10,12-14H,1,11H2. The Morgan fingerprint density at radius 3 is 2.79 bits per heavy atom. The molecule has 0 unspecified atom stereocenters. The second-order valence-corrected chi connectivity index (χ2v) is 9.12. The normalized spacial score (nSPS) is 11.8. The summed E-state index contributed by atoms with van der Waals surface area (Å²) in [5.74, 6) is -0.398. The molecule has 3 aromatic heterocycles. The average Bonchev–Trinajstić information content (AvgIpc) is 3.47. The van der Waals surface area contributed by atoms with Gasteiger partial charge in [-0.3, -0.25) is 14.9 Å². The van der Waals surface area contributed by atoms with Crippen molar-refractivity contribution in [2.24, 2.45) is 4.99 Å². The van der Waals surface area contributed by atoms with E-state index < -0.39 is 10.8 Å². The molecule has 5 rings (SSSR count). The molecule has 5 aromatic rings. The third kappa shape index (κ3) is 3.88. The molecule has 9 heteroatoms. The van der Waals surface area contributed by atoms with Gasteiger partial charge in [0.2, 0.25) is 0 Å². The summed E-state index contributed by atoms with van der Waals surface area (Å²) in [6.07, 6.45) is 1.70. The summed E-state index contributed by atoms with van der Waals surface area (Å²) in [4.78, 5) is 34.7. The fourth-order valence-electron chi connectivity index (χ4n) is 3.62. The van der Waals surface area contributed by atoms with Crippen molar-refractivity contribution in [3.05, 3.63) is 99.2 Å². The molecule has 0 atom stereocenters. The van der Waals surface area contributed by atoms with Crippen LogP contribution in [-0.4, -0.2) is 20.4 Å². The number of nitro benzene ring substituents is 1. The number of para-hydroxylation sites is 1. The lowest BCUT2D eigenvalue weighted by atomic mass is 10.1. The number of benzene rings is 2. The molecule has 33 heavy (non-hydrogen) atoms. The van der Waals surface area contributed by atoms with E-state index in [1.807, 2.05) is 46.3 Å². The van der Waals surface area contributed by atoms with Gasteiger partial charge in [-0.25, -0.2) is 4.98 Å². The monoisotopic (exact) mass is 472 g/mol. The van der Waals surface area contributed by atoms with Crippen molar-refractivity contribution in [1.29, 1.82) is 0 Å². The van der Waals surface area contributed by atoms with Gasteiger partial charge in [0, 0.05) is 24.1 Å². The molecule has 2 aromatic carbocycles. The van der Waals surface area contributed by atoms with Gasteiger partial charge in [0.1, 0.15) is 0 Å². The van der Waals surface area contributed by atoms with Gasteiger partial charge in [-0.15, -0.1) is 17.9 Å². The van der Waals surface area contributed by atoms with E-state index >= 15 is 0 Å². The van der Waals surface area contributed by atoms with Crippen LogP contribution >= 0.6 is 22.7 Å². The minimum atomic E-state index is -0.436. The zero-order valence-corrected chi connectivity index (χ0v) is 18.8. The van der Waals surface area contributed by atoms with E-state index in [9.17, 15) is 14.9 Å². The molecule has 0 bridgehead atoms. The average molecular weight is 473 g/mol. The summed E-state index contributed by atoms with van der Waals surface area (Å²) in [5, 5.41) is 13.9. The maximum absolute atomic E-state index is 13.4. The largest absolute Gasteiger partial charge is 0.312 e. The number of thiazole rings is 1. The van der Waals surface area contributed by atoms with E-state index in [-0.39, 0.29) is 5.69 Å². The predicted octanol–water partition coefficient (Wildman–Crippen LogP) is 5.81. The first-order valence-electron chi connectivity index (χ1n) is 9.96. The molecule has 0 fully saturated rings. The number of allylic oxidation sites excluding steroid dienone is 1. The van der Waals surface area contributed by atoms with E-state index in [0.29, 0.717) is 32.8 Å². The van der Waals surface area contributed by atoms with Crippen molar-refractivity contribution < 1.29 is 9.72 Å². The number of thiophene rings is 1. The van der Waals surface area contributed by atoms with Crippen LogP contribution in [0.15, 0.2) is 83.7 Å². The van der Waals surface area contributed by atoms with Crippen molar-refractivity contribution in [3.8, 4) is 10.6 Å². The topological polar surface area (TPSA) is 90.4 Å². The second kappa shape index (κ2) is 8.53. The molecule has 0 radical (unpaired) electrons. The van der Waals surface area contributed by atoms with Crippen LogP contribution in [0, 0.1) is 10.1 Å². The van der Waals surface area contributed by atoms with Crippen molar-refractivity contribution in [3.63, 3.8) is 0 Å². The summed E-state index contributed by atoms with van der Waals surface area (Å²) in [6, 6.07) is 17.8. The van der Waals surface area contributed by atoms with Gasteiger partial charge in [0.05, 0.1) is 36.8 Å². The SMILES string of the molecule is C=CCn1c(=NC(=O)c2cc(-c3cccs3)nc3ccccc23)sc2cc([N+](=O)[O-])ccc21. The van der Waals surface area contributed by atoms with Crippen LogP contribution in [0.25, 0.3) is 31.7 Å². The maximum Gasteiger partial charge on any atom is 0.280 e. The number of non-ortho nitro benzene ring substituents is 1. The van der Waals surface area contributed by atoms with Crippen LogP contribution in [0.4, 0.5) is 5.69 Å². The van der Waals surface area contributed by atoms with Crippen molar-refractivity contribution in [2.75, 3.05) is 0 Å². The molecule has 162 valence electrons. The fourth-order valence-corrected chi connectivity index (χ4v) is 5.37. The Morgan fingerprint density at radius 1 is 1.18 bits per heavy atom. The van der Waals surface area contributed by atoms with Gasteiger partial charge in [0.25, 0.3) is 11.6 Å². The molecule has 0 aliphatic heterocycles. The highest BCUT2D eigenvalue weighted by Crippen LogP contribution is 2.28. The van der Waals surface area contributed by atoms with Crippen LogP contribution in [-0.2, 0) is 6.54 Å². The minimum Gasteiger partial charge on any atom is -0.312 e. The van der Waals surface area contributed by atoms with Gasteiger partial charge >= 0.3 is 0 Å². The van der Waals surface area contributed by atoms with E-state index in [0.717, 1.165) is 15.8 Å². The van der Waals surface area contributed by atoms with Crippen molar-refractivity contribution in [1.82, 2.24) is 9.55 Å². The molecule has 7 nitrogen and oxygen atoms in total. The number of rotatable bonds is 5. The lowest BCUT2D eigenvalue weighted by molar-refractivity contribution is -0.384. The Hall–Kier alpha value is -3.95. The first-order valence-corrected chi connectivity index (χ1v) is 11.7. The highest BCUT2D eigenvalue weighted by Gasteiger charge is 2.16. The quantitative estimate of drug-likeness (QED) is 0.183. The first-order chi connectivity index (χ1) is 16.0. The summed E-state index contributed by atoms with van der Waals surface area (Å²) in [7, 11) is 0. The summed E-state index contributed by atoms with van der Waals surface area (Å²) < 4.78 is 2.51. The minimum absolute atomic E-state index is 0.00639. The van der Waals surface area contributed by atoms with E-state index in [1.54, 1.807) is 29.5 Å². The zero-order chi connectivity index (χ0) is 22.9. The van der Waals surface area contributed by atoms with Gasteiger partial charge in [-0.1, -0.05) is 41.7 Å². The Morgan fingerprint density at radius 2 is 2.03 bits per heavy atom. The molecule has 0 spiro atoms. The lowest BCUT2D eigenvalue weighted by Crippen LogP contribution is -2.16. The van der Waals surface area contributed by atoms with Gasteiger partial charge < -0.3 is 4.57 Å². The Kier molecular flexibility index (Phi) is 5.41. The second-order valence-electron chi connectivity index (χ2n) is 7.16. The highest BCUT2D eigenvalue weighted by atomic mass is 32.1. The summed E-state index contributed by atoms with van der Waals surface area (Å²) in [5.41, 5.74) is 2.64. The molecule has 0 N–H and O–H groups in total. The van der Waals surface area contributed by atoms with Crippen molar-refractivity contribution in [2.45, 2.75) is 6.54 Å². The molecule has 0 aliphatic rings. The maximum atomic E-state index is 13.4. The number of amides is 1. The smallest absolute Gasteiger partial charge is 0.280 e. The van der Waals surface area contributed by atoms with Crippen LogP contribution in [0.5, 0.6) is 0 Å². The number of fused-ring (bicyclic) bond motifs is 2. The molecule has 0 aliphatic carbocycles. The molecular formula is C24H16N4O3S2. The molecule has 1 amide bonds. The van der Waals surface area contributed by atoms with Gasteiger partial charge in [-0.05, 0) is 29.6 Å². The number of carbonyl (C=O) groups is 1. The molecule has 0 saturated heterocycles. The third-order valence-corrected chi connectivity index (χ3v) is 7.04. The molecule has 3 heterocycles. The van der Waals surface area contributed by atoms with E-state index in [2.05, 4.69) is 11.6 Å². The Bertz CT molecular complexity index is 1610. The van der Waals surface area contributed by atoms with Gasteiger partial charge in [-0.2, -0.15) is 4.99 Å². The lowest BCUT2D eigenvalue weighted by Gasteiger charge is -2.06. The first kappa shape index (κ1) is 20.9. The highest BCUT2D eigenvalue weighted by molar-refractivity contribution is 7.16. The fraction of sp³-hybridized carbons (Fsp3) is 0.0417. The number of carbonyl (C=O) groups excluding carboxylic acids is 1. The third-order valence-electron chi connectivity index (χ3n) is 5.11. The number of nitrogens with zero attached hydrogens (tertiary/aromatic N) is 4. The Balaban J connectivity index is 1.70. The van der Waals surface area contributed by atoms with Crippen LogP contribution in [0.1, 0.15) is 10.4 Å². The number of pyridine rings is 1. The molecule has 0 saturated carbocycles. The summed E-state index contributed by atoms with van der Waals surface area (Å²) in [6.45, 7) is 4.21. The molecular weight excluding hydrogens is 456 g/mol. The zero-order valence-electron chi connectivity index (χ0n) is 17.2. The number of nitro groups is 1. The van der Waals surface area contributed by atoms with Gasteiger partial charge in [0.15, 0.2) is 4.80 Å². The Labute approximate surface area is 195 Å².